The van der Waals surface area contributed by atoms with Gasteiger partial charge in [0.1, 0.15) is 5.82 Å². The molecule has 1 fully saturated rings. The second-order valence-electron chi connectivity index (χ2n) is 9.77. The second kappa shape index (κ2) is 9.30. The van der Waals surface area contributed by atoms with Crippen LogP contribution in [0.1, 0.15) is 48.4 Å². The van der Waals surface area contributed by atoms with E-state index in [2.05, 4.69) is 25.3 Å². The largest absolute Gasteiger partial charge is 0.378 e. The molecule has 5 rings (SSSR count). The third-order valence-corrected chi connectivity index (χ3v) is 6.16. The number of hydrogen-bond donors (Lipinski definition) is 1. The van der Waals surface area contributed by atoms with Gasteiger partial charge in [0.15, 0.2) is 11.5 Å². The average Bonchev–Trinajstić information content (AvgIpc) is 3.53. The van der Waals surface area contributed by atoms with Crippen molar-refractivity contribution in [2.75, 3.05) is 31.2 Å². The monoisotopic (exact) mass is 493 g/mol. The maximum absolute atomic E-state index is 15.6. The van der Waals surface area contributed by atoms with Crippen molar-refractivity contribution in [1.29, 1.82) is 0 Å². The van der Waals surface area contributed by atoms with Crippen LogP contribution in [0.25, 0.3) is 16.9 Å². The summed E-state index contributed by atoms with van der Waals surface area (Å²) >= 11 is 0. The van der Waals surface area contributed by atoms with Crippen molar-refractivity contribution >= 4 is 17.4 Å². The van der Waals surface area contributed by atoms with Gasteiger partial charge in [-0.15, -0.1) is 5.10 Å². The fourth-order valence-electron chi connectivity index (χ4n) is 4.02. The van der Waals surface area contributed by atoms with Crippen LogP contribution in [0.3, 0.4) is 0 Å². The van der Waals surface area contributed by atoms with E-state index < -0.39 is 5.91 Å². The zero-order valence-corrected chi connectivity index (χ0v) is 20.7. The summed E-state index contributed by atoms with van der Waals surface area (Å²) in [5.41, 5.74) is 2.34. The summed E-state index contributed by atoms with van der Waals surface area (Å²) in [6.07, 6.45) is 1.65. The predicted molar refractivity (Wildman–Crippen MR) is 130 cm³/mol. The second-order valence-corrected chi connectivity index (χ2v) is 9.77. The Bertz CT molecular complexity index is 1420. The van der Waals surface area contributed by atoms with Gasteiger partial charge in [0, 0.05) is 42.9 Å². The van der Waals surface area contributed by atoms with Crippen molar-refractivity contribution in [1.82, 2.24) is 30.1 Å². The molecule has 1 aliphatic rings. The summed E-state index contributed by atoms with van der Waals surface area (Å²) < 4.78 is 27.8. The first-order valence-corrected chi connectivity index (χ1v) is 11.8. The van der Waals surface area contributed by atoms with E-state index in [9.17, 15) is 4.79 Å². The number of amides is 1. The highest BCUT2D eigenvalue weighted by Crippen LogP contribution is 2.28. The SMILES string of the molecule is Cc1c(CNC(=O)c2noc(C(C)(C)C)n2)ccc(-c2ccnc3cc(N4CCOCC4)nn23)c1F. The van der Waals surface area contributed by atoms with E-state index in [4.69, 9.17) is 14.4 Å². The number of halogens is 1. The van der Waals surface area contributed by atoms with E-state index in [1.165, 1.54) is 0 Å². The van der Waals surface area contributed by atoms with E-state index in [1.54, 1.807) is 35.8 Å². The number of benzene rings is 1. The summed E-state index contributed by atoms with van der Waals surface area (Å²) in [6, 6.07) is 7.13. The zero-order valence-electron chi connectivity index (χ0n) is 20.7. The molecular formula is C25H28FN7O3. The minimum Gasteiger partial charge on any atom is -0.378 e. The molecule has 10 nitrogen and oxygen atoms in total. The van der Waals surface area contributed by atoms with E-state index in [1.807, 2.05) is 26.8 Å². The van der Waals surface area contributed by atoms with Gasteiger partial charge in [-0.2, -0.15) is 4.98 Å². The van der Waals surface area contributed by atoms with Gasteiger partial charge >= 0.3 is 0 Å². The standard InChI is InChI=1S/C25H28FN7O3/c1-15-16(14-28-23(34)22-29-24(36-31-22)25(2,3)4)5-6-17(21(15)26)18-7-8-27-19-13-20(30-33(18)19)32-9-11-35-12-10-32/h5-8,13H,9-12,14H2,1-4H3,(H,28,34). The highest BCUT2D eigenvalue weighted by Gasteiger charge is 2.24. The maximum atomic E-state index is 15.6. The van der Waals surface area contributed by atoms with Gasteiger partial charge in [-0.25, -0.2) is 13.9 Å². The van der Waals surface area contributed by atoms with Gasteiger partial charge in [-0.1, -0.05) is 32.0 Å². The molecule has 0 bridgehead atoms. The van der Waals surface area contributed by atoms with Gasteiger partial charge in [0.05, 0.1) is 18.9 Å². The number of aromatic nitrogens is 5. The summed E-state index contributed by atoms with van der Waals surface area (Å²) in [6.45, 7) is 10.3. The first-order chi connectivity index (χ1) is 17.2. The van der Waals surface area contributed by atoms with Crippen LogP contribution in [-0.2, 0) is 16.7 Å². The van der Waals surface area contributed by atoms with Crippen molar-refractivity contribution < 1.29 is 18.4 Å². The molecule has 4 aromatic rings. The molecule has 1 saturated heterocycles. The van der Waals surface area contributed by atoms with Gasteiger partial charge in [0.25, 0.3) is 11.7 Å². The van der Waals surface area contributed by atoms with Crippen LogP contribution < -0.4 is 10.2 Å². The van der Waals surface area contributed by atoms with Crippen molar-refractivity contribution in [3.63, 3.8) is 0 Å². The lowest BCUT2D eigenvalue weighted by Gasteiger charge is -2.26. The van der Waals surface area contributed by atoms with Crippen LogP contribution in [0.4, 0.5) is 10.2 Å². The highest BCUT2D eigenvalue weighted by molar-refractivity contribution is 5.90. The normalized spacial score (nSPS) is 14.4. The summed E-state index contributed by atoms with van der Waals surface area (Å²) in [7, 11) is 0. The van der Waals surface area contributed by atoms with E-state index in [0.29, 0.717) is 47.1 Å². The lowest BCUT2D eigenvalue weighted by atomic mass is 9.97. The molecule has 1 amide bonds. The number of rotatable bonds is 5. The first-order valence-electron chi connectivity index (χ1n) is 11.8. The molecule has 36 heavy (non-hydrogen) atoms. The fraction of sp³-hybridized carbons (Fsp3) is 0.400. The van der Waals surface area contributed by atoms with E-state index in [-0.39, 0.29) is 23.6 Å². The van der Waals surface area contributed by atoms with Crippen molar-refractivity contribution in [3.8, 4) is 11.3 Å². The summed E-state index contributed by atoms with van der Waals surface area (Å²) in [5.74, 6) is 0.237. The van der Waals surface area contributed by atoms with E-state index in [0.717, 1.165) is 18.9 Å². The number of anilines is 1. The molecular weight excluding hydrogens is 465 g/mol. The molecule has 0 unspecified atom stereocenters. The van der Waals surface area contributed by atoms with E-state index >= 15 is 4.39 Å². The molecule has 0 atom stereocenters. The fourth-order valence-corrected chi connectivity index (χ4v) is 4.02. The Kier molecular flexibility index (Phi) is 6.17. The molecule has 0 spiro atoms. The Labute approximate surface area is 207 Å². The number of nitrogens with zero attached hydrogens (tertiary/aromatic N) is 6. The minimum atomic E-state index is -0.485. The van der Waals surface area contributed by atoms with Crippen LogP contribution in [0.2, 0.25) is 0 Å². The summed E-state index contributed by atoms with van der Waals surface area (Å²) in [4.78, 5) is 23.2. The molecule has 3 aromatic heterocycles. The smallest absolute Gasteiger partial charge is 0.292 e. The maximum Gasteiger partial charge on any atom is 0.292 e. The van der Waals surface area contributed by atoms with Gasteiger partial charge in [-0.05, 0) is 30.2 Å². The number of carbonyl (C=O) groups excluding carboxylic acids is 1. The predicted octanol–water partition coefficient (Wildman–Crippen LogP) is 3.29. The number of morpholine rings is 1. The number of ether oxygens (including phenoxy) is 1. The van der Waals surface area contributed by atoms with Crippen LogP contribution in [0, 0.1) is 12.7 Å². The van der Waals surface area contributed by atoms with Gasteiger partial charge in [0.2, 0.25) is 5.89 Å². The van der Waals surface area contributed by atoms with Crippen LogP contribution >= 0.6 is 0 Å². The number of fused-ring (bicyclic) bond motifs is 1. The molecule has 1 aromatic carbocycles. The lowest BCUT2D eigenvalue weighted by Crippen LogP contribution is -2.36. The van der Waals surface area contributed by atoms with Crippen LogP contribution in [-0.4, -0.2) is 56.9 Å². The number of nitrogens with one attached hydrogen (secondary N) is 1. The Morgan fingerprint density at radius 2 is 1.97 bits per heavy atom. The molecule has 1 N–H and O–H groups in total. The average molecular weight is 494 g/mol. The quantitative estimate of drug-likeness (QED) is 0.451. The summed E-state index contributed by atoms with van der Waals surface area (Å²) in [5, 5.41) is 11.2. The molecule has 0 radical (unpaired) electrons. The first kappa shape index (κ1) is 23.9. The Balaban J connectivity index is 1.37. The van der Waals surface area contributed by atoms with Crippen molar-refractivity contribution in [2.24, 2.45) is 0 Å². The Hall–Kier alpha value is -3.86. The minimum absolute atomic E-state index is 0.0522. The molecule has 1 aliphatic heterocycles. The van der Waals surface area contributed by atoms with Crippen molar-refractivity contribution in [2.45, 2.75) is 39.7 Å². The Morgan fingerprint density at radius 3 is 2.69 bits per heavy atom. The Morgan fingerprint density at radius 1 is 1.19 bits per heavy atom. The third kappa shape index (κ3) is 4.53. The topological polar surface area (TPSA) is 111 Å². The molecule has 4 heterocycles. The molecule has 11 heteroatoms. The molecule has 188 valence electrons. The van der Waals surface area contributed by atoms with Crippen molar-refractivity contribution in [3.05, 3.63) is 59.1 Å². The van der Waals surface area contributed by atoms with Gasteiger partial charge < -0.3 is 19.5 Å². The third-order valence-electron chi connectivity index (χ3n) is 6.16. The number of carbonyl (C=O) groups is 1. The zero-order chi connectivity index (χ0) is 25.4. The molecule has 0 aliphatic carbocycles. The highest BCUT2D eigenvalue weighted by atomic mass is 19.1. The lowest BCUT2D eigenvalue weighted by molar-refractivity contribution is 0.0937. The molecule has 0 saturated carbocycles. The van der Waals surface area contributed by atoms with Crippen LogP contribution in [0.5, 0.6) is 0 Å². The number of hydrogen-bond acceptors (Lipinski definition) is 8. The van der Waals surface area contributed by atoms with Gasteiger partial charge in [-0.3, -0.25) is 4.79 Å². The van der Waals surface area contributed by atoms with Crippen LogP contribution in [0.15, 0.2) is 35.0 Å².